The Hall–Kier alpha value is -2.95. The Balaban J connectivity index is 2.08. The third-order valence-corrected chi connectivity index (χ3v) is 3.79. The molecule has 0 amide bonds. The number of rotatable bonds is 3. The standard InChI is InChI=1S/C18H14FNO3/c1-2-17(21)20-8-7-12-9-11(4-6-16(12)20)14-5-3-13(18(22)23)10-15(14)19/h3-10H,2H2,1H3,(H,22,23). The van der Waals surface area contributed by atoms with E-state index in [0.717, 1.165) is 17.0 Å². The number of aromatic carboxylic acids is 1. The molecule has 0 saturated heterocycles. The fourth-order valence-electron chi connectivity index (χ4n) is 2.58. The summed E-state index contributed by atoms with van der Waals surface area (Å²) in [5.74, 6) is -1.76. The Kier molecular flexibility index (Phi) is 3.70. The van der Waals surface area contributed by atoms with Crippen LogP contribution in [0.4, 0.5) is 4.39 Å². The number of carbonyl (C=O) groups is 2. The molecule has 0 spiro atoms. The molecule has 0 bridgehead atoms. The highest BCUT2D eigenvalue weighted by molar-refractivity contribution is 5.94. The van der Waals surface area contributed by atoms with Crippen molar-refractivity contribution in [1.82, 2.24) is 4.57 Å². The van der Waals surface area contributed by atoms with Crippen LogP contribution in [0.15, 0.2) is 48.7 Å². The van der Waals surface area contributed by atoms with Gasteiger partial charge >= 0.3 is 5.97 Å². The van der Waals surface area contributed by atoms with Crippen LogP contribution < -0.4 is 0 Å². The van der Waals surface area contributed by atoms with Crippen molar-refractivity contribution in [2.24, 2.45) is 0 Å². The van der Waals surface area contributed by atoms with Crippen LogP contribution in [0, 0.1) is 5.82 Å². The molecule has 0 radical (unpaired) electrons. The van der Waals surface area contributed by atoms with Crippen molar-refractivity contribution >= 4 is 22.8 Å². The van der Waals surface area contributed by atoms with Gasteiger partial charge in [0.05, 0.1) is 11.1 Å². The smallest absolute Gasteiger partial charge is 0.335 e. The maximum atomic E-state index is 14.2. The zero-order chi connectivity index (χ0) is 16.6. The normalized spacial score (nSPS) is 10.9. The van der Waals surface area contributed by atoms with E-state index >= 15 is 0 Å². The molecule has 1 N–H and O–H groups in total. The number of nitrogens with zero attached hydrogens (tertiary/aromatic N) is 1. The first kappa shape index (κ1) is 15.0. The molecule has 3 rings (SSSR count). The van der Waals surface area contributed by atoms with Gasteiger partial charge < -0.3 is 5.11 Å². The Morgan fingerprint density at radius 3 is 2.57 bits per heavy atom. The first-order valence-corrected chi connectivity index (χ1v) is 7.18. The van der Waals surface area contributed by atoms with Gasteiger partial charge in [-0.25, -0.2) is 9.18 Å². The van der Waals surface area contributed by atoms with Gasteiger partial charge in [-0.05, 0) is 35.9 Å². The molecule has 0 aliphatic carbocycles. The SMILES string of the molecule is CCC(=O)n1ccc2cc(-c3ccc(C(=O)O)cc3F)ccc21. The molecular formula is C18H14FNO3. The summed E-state index contributed by atoms with van der Waals surface area (Å²) in [5.41, 5.74) is 1.63. The van der Waals surface area contributed by atoms with Gasteiger partial charge in [-0.2, -0.15) is 0 Å². The second-order valence-corrected chi connectivity index (χ2v) is 5.21. The molecule has 2 aromatic carbocycles. The van der Waals surface area contributed by atoms with Crippen molar-refractivity contribution in [3.63, 3.8) is 0 Å². The lowest BCUT2D eigenvalue weighted by atomic mass is 10.0. The highest BCUT2D eigenvalue weighted by atomic mass is 19.1. The first-order chi connectivity index (χ1) is 11.0. The minimum Gasteiger partial charge on any atom is -0.478 e. The number of carboxylic acid groups (broad SMARTS) is 1. The third kappa shape index (κ3) is 2.61. The van der Waals surface area contributed by atoms with Crippen LogP contribution in [0.5, 0.6) is 0 Å². The maximum absolute atomic E-state index is 14.2. The molecule has 116 valence electrons. The molecule has 0 atom stereocenters. The minimum absolute atomic E-state index is 0.00950. The molecule has 4 nitrogen and oxygen atoms in total. The molecule has 0 saturated carbocycles. The summed E-state index contributed by atoms with van der Waals surface area (Å²) in [6, 6.07) is 10.9. The molecule has 0 aliphatic rings. The summed E-state index contributed by atoms with van der Waals surface area (Å²) in [5, 5.41) is 9.71. The van der Waals surface area contributed by atoms with Crippen LogP contribution in [-0.2, 0) is 0 Å². The average molecular weight is 311 g/mol. The third-order valence-electron chi connectivity index (χ3n) is 3.79. The fourth-order valence-corrected chi connectivity index (χ4v) is 2.58. The van der Waals surface area contributed by atoms with Crippen molar-refractivity contribution in [2.75, 3.05) is 0 Å². The minimum atomic E-state index is -1.17. The van der Waals surface area contributed by atoms with E-state index in [9.17, 15) is 14.0 Å². The van der Waals surface area contributed by atoms with E-state index < -0.39 is 11.8 Å². The molecule has 0 fully saturated rings. The van der Waals surface area contributed by atoms with Crippen molar-refractivity contribution in [1.29, 1.82) is 0 Å². The van der Waals surface area contributed by atoms with Crippen molar-refractivity contribution < 1.29 is 19.1 Å². The Labute approximate surface area is 131 Å². The lowest BCUT2D eigenvalue weighted by Gasteiger charge is -2.06. The lowest BCUT2D eigenvalue weighted by molar-refractivity contribution is 0.0696. The van der Waals surface area contributed by atoms with Gasteiger partial charge in [-0.15, -0.1) is 0 Å². The predicted molar refractivity (Wildman–Crippen MR) is 85.2 cm³/mol. The quantitative estimate of drug-likeness (QED) is 0.788. The van der Waals surface area contributed by atoms with Crippen LogP contribution in [-0.4, -0.2) is 21.6 Å². The monoisotopic (exact) mass is 311 g/mol. The summed E-state index contributed by atoms with van der Waals surface area (Å²) < 4.78 is 15.7. The largest absolute Gasteiger partial charge is 0.478 e. The first-order valence-electron chi connectivity index (χ1n) is 7.18. The van der Waals surface area contributed by atoms with Gasteiger partial charge in [0.25, 0.3) is 0 Å². The van der Waals surface area contributed by atoms with E-state index in [1.807, 2.05) is 0 Å². The topological polar surface area (TPSA) is 59.3 Å². The van der Waals surface area contributed by atoms with E-state index in [4.69, 9.17) is 5.11 Å². The number of benzene rings is 2. The lowest BCUT2D eigenvalue weighted by Crippen LogP contribution is -2.06. The second-order valence-electron chi connectivity index (χ2n) is 5.21. The van der Waals surface area contributed by atoms with Gasteiger partial charge in [0.1, 0.15) is 5.82 Å². The van der Waals surface area contributed by atoms with Crippen LogP contribution in [0.3, 0.4) is 0 Å². The zero-order valence-corrected chi connectivity index (χ0v) is 12.4. The Morgan fingerprint density at radius 2 is 1.91 bits per heavy atom. The average Bonchev–Trinajstić information content (AvgIpc) is 2.97. The maximum Gasteiger partial charge on any atom is 0.335 e. The van der Waals surface area contributed by atoms with Crippen LogP contribution in [0.25, 0.3) is 22.0 Å². The van der Waals surface area contributed by atoms with E-state index in [2.05, 4.69) is 0 Å². The number of carboxylic acids is 1. The molecule has 0 aliphatic heterocycles. The fraction of sp³-hybridized carbons (Fsp3) is 0.111. The van der Waals surface area contributed by atoms with Gasteiger partial charge in [0, 0.05) is 23.6 Å². The summed E-state index contributed by atoms with van der Waals surface area (Å²) >= 11 is 0. The van der Waals surface area contributed by atoms with Crippen molar-refractivity contribution in [3.05, 3.63) is 60.0 Å². The number of halogens is 1. The van der Waals surface area contributed by atoms with Gasteiger partial charge in [0.15, 0.2) is 0 Å². The highest BCUT2D eigenvalue weighted by Gasteiger charge is 2.12. The van der Waals surface area contributed by atoms with E-state index in [-0.39, 0.29) is 11.5 Å². The number of fused-ring (bicyclic) bond motifs is 1. The van der Waals surface area contributed by atoms with E-state index in [1.54, 1.807) is 42.0 Å². The second kappa shape index (κ2) is 5.68. The molecule has 0 unspecified atom stereocenters. The van der Waals surface area contributed by atoms with E-state index in [1.165, 1.54) is 12.1 Å². The van der Waals surface area contributed by atoms with E-state index in [0.29, 0.717) is 17.5 Å². The molecule has 3 aromatic rings. The Bertz CT molecular complexity index is 927. The van der Waals surface area contributed by atoms with Gasteiger partial charge in [0.2, 0.25) is 5.91 Å². The van der Waals surface area contributed by atoms with Crippen LogP contribution in [0.1, 0.15) is 28.5 Å². The summed E-state index contributed by atoms with van der Waals surface area (Å²) in [6.45, 7) is 1.79. The zero-order valence-electron chi connectivity index (χ0n) is 12.4. The summed E-state index contributed by atoms with van der Waals surface area (Å²) in [6.07, 6.45) is 2.10. The molecule has 1 aromatic heterocycles. The number of hydrogen-bond acceptors (Lipinski definition) is 2. The highest BCUT2D eigenvalue weighted by Crippen LogP contribution is 2.28. The summed E-state index contributed by atoms with van der Waals surface area (Å²) in [7, 11) is 0. The van der Waals surface area contributed by atoms with Crippen molar-refractivity contribution in [2.45, 2.75) is 13.3 Å². The molecule has 23 heavy (non-hydrogen) atoms. The summed E-state index contributed by atoms with van der Waals surface area (Å²) in [4.78, 5) is 22.7. The van der Waals surface area contributed by atoms with Gasteiger partial charge in [-0.1, -0.05) is 19.1 Å². The van der Waals surface area contributed by atoms with Gasteiger partial charge in [-0.3, -0.25) is 9.36 Å². The van der Waals surface area contributed by atoms with Crippen LogP contribution in [0.2, 0.25) is 0 Å². The number of carbonyl (C=O) groups excluding carboxylic acids is 1. The van der Waals surface area contributed by atoms with Crippen LogP contribution >= 0.6 is 0 Å². The molecule has 1 heterocycles. The number of hydrogen-bond donors (Lipinski definition) is 1. The number of aromatic nitrogens is 1. The van der Waals surface area contributed by atoms with Crippen molar-refractivity contribution in [3.8, 4) is 11.1 Å². The molecular weight excluding hydrogens is 297 g/mol. The predicted octanol–water partition coefficient (Wildman–Crippen LogP) is 4.20. The molecule has 5 heteroatoms. The Morgan fingerprint density at radius 1 is 1.13 bits per heavy atom.